The number of aromatic nitrogens is 1. The number of benzene rings is 2. The second-order valence-electron chi connectivity index (χ2n) is 11.9. The van der Waals surface area contributed by atoms with Crippen LogP contribution in [0.4, 0.5) is 14.5 Å². The molecule has 2 aliphatic rings. The molecule has 7 nitrogen and oxygen atoms in total. The van der Waals surface area contributed by atoms with Gasteiger partial charge in [-0.15, -0.1) is 0 Å². The van der Waals surface area contributed by atoms with Crippen molar-refractivity contribution in [2.75, 3.05) is 25.5 Å². The molecule has 0 bridgehead atoms. The van der Waals surface area contributed by atoms with E-state index in [9.17, 15) is 18.8 Å². The molecule has 2 aromatic carbocycles. The summed E-state index contributed by atoms with van der Waals surface area (Å²) >= 11 is 0. The van der Waals surface area contributed by atoms with Gasteiger partial charge in [0.15, 0.2) is 6.29 Å². The van der Waals surface area contributed by atoms with Crippen molar-refractivity contribution in [3.05, 3.63) is 53.2 Å². The number of rotatable bonds is 8. The number of carbonyl (C=O) groups excluding carboxylic acids is 3. The number of carbonyl (C=O) groups is 3. The van der Waals surface area contributed by atoms with Crippen LogP contribution < -0.4 is 16.0 Å². The highest BCUT2D eigenvalue weighted by atomic mass is 19.1. The van der Waals surface area contributed by atoms with E-state index in [0.29, 0.717) is 85.6 Å². The molecule has 2 heterocycles. The number of nitrogens with zero attached hydrogens (tertiary/aromatic N) is 1. The Hall–Kier alpha value is -3.59. The van der Waals surface area contributed by atoms with Crippen molar-refractivity contribution in [2.45, 2.75) is 58.4 Å². The number of amides is 1. The Morgan fingerprint density at radius 2 is 1.82 bits per heavy atom. The molecule has 40 heavy (non-hydrogen) atoms. The van der Waals surface area contributed by atoms with Gasteiger partial charge in [-0.2, -0.15) is 0 Å². The molecule has 3 N–H and O–H groups in total. The highest BCUT2D eigenvalue weighted by Gasteiger charge is 2.35. The summed E-state index contributed by atoms with van der Waals surface area (Å²) in [5.41, 5.74) is 2.40. The molecule has 1 aliphatic carbocycles. The number of fused-ring (bicyclic) bond motifs is 3. The van der Waals surface area contributed by atoms with Gasteiger partial charge >= 0.3 is 0 Å². The number of hydrogen-bond acceptors (Lipinski definition) is 5. The molecule has 0 atom stereocenters. The van der Waals surface area contributed by atoms with Crippen LogP contribution in [0.15, 0.2) is 30.3 Å². The fourth-order valence-corrected chi connectivity index (χ4v) is 6.27. The normalized spacial score (nSPS) is 20.3. The number of halogens is 2. The van der Waals surface area contributed by atoms with E-state index in [1.54, 1.807) is 16.7 Å². The van der Waals surface area contributed by atoms with Crippen LogP contribution >= 0.6 is 0 Å². The van der Waals surface area contributed by atoms with E-state index in [0.717, 1.165) is 5.69 Å². The van der Waals surface area contributed by atoms with Crippen molar-refractivity contribution in [2.24, 2.45) is 11.3 Å². The fraction of sp³-hybridized carbons (Fsp3) is 0.452. The molecule has 0 saturated heterocycles. The first kappa shape index (κ1) is 28.0. The number of aldehydes is 1. The molecule has 9 heteroatoms. The molecule has 212 valence electrons. The molecule has 0 unspecified atom stereocenters. The largest absolute Gasteiger partial charge is 0.382 e. The van der Waals surface area contributed by atoms with E-state index in [-0.39, 0.29) is 34.8 Å². The smallest absolute Gasteiger partial charge is 0.231 e. The molecule has 1 aromatic heterocycles. The molecule has 1 amide bonds. The highest BCUT2D eigenvalue weighted by Crippen LogP contribution is 2.44. The number of nitrogens with one attached hydrogen (secondary N) is 3. The van der Waals surface area contributed by atoms with Crippen molar-refractivity contribution in [1.29, 1.82) is 0 Å². The number of hydrogen-bond donors (Lipinski definition) is 3. The monoisotopic (exact) mass is 550 g/mol. The second kappa shape index (κ2) is 11.1. The van der Waals surface area contributed by atoms with E-state index in [1.807, 2.05) is 20.9 Å². The minimum Gasteiger partial charge on any atom is -0.382 e. The zero-order chi connectivity index (χ0) is 28.6. The van der Waals surface area contributed by atoms with Gasteiger partial charge in [0, 0.05) is 53.8 Å². The Balaban J connectivity index is 1.48. The molecule has 1 saturated carbocycles. The first-order chi connectivity index (χ1) is 19.1. The van der Waals surface area contributed by atoms with Gasteiger partial charge in [-0.05, 0) is 80.5 Å². The fourth-order valence-electron chi connectivity index (χ4n) is 6.27. The predicted octanol–water partition coefficient (Wildman–Crippen LogP) is 5.32. The van der Waals surface area contributed by atoms with Gasteiger partial charge in [0.25, 0.3) is 0 Å². The van der Waals surface area contributed by atoms with Gasteiger partial charge in [-0.3, -0.25) is 19.0 Å². The van der Waals surface area contributed by atoms with Gasteiger partial charge < -0.3 is 16.0 Å². The molecular formula is C31H36F2N4O3. The SMILES string of the molecule is CNCCNC(=O)[C@H]1CC[C@H](Nc2cc(-c3c4n(c5cc(F)ccc35)C(=O)CC(C)(C)C4)cc(F)c2C=O)CC1. The maximum atomic E-state index is 15.4. The maximum absolute atomic E-state index is 15.4. The van der Waals surface area contributed by atoms with Crippen molar-refractivity contribution in [3.8, 4) is 11.1 Å². The van der Waals surface area contributed by atoms with Crippen LogP contribution in [-0.4, -0.2) is 48.8 Å². The van der Waals surface area contributed by atoms with E-state index in [1.165, 1.54) is 18.2 Å². The lowest BCUT2D eigenvalue weighted by atomic mass is 9.80. The predicted molar refractivity (Wildman–Crippen MR) is 152 cm³/mol. The maximum Gasteiger partial charge on any atom is 0.231 e. The summed E-state index contributed by atoms with van der Waals surface area (Å²) < 4.78 is 31.3. The zero-order valence-electron chi connectivity index (χ0n) is 23.2. The van der Waals surface area contributed by atoms with Crippen LogP contribution in [-0.2, 0) is 11.2 Å². The Kier molecular flexibility index (Phi) is 7.77. The van der Waals surface area contributed by atoms with Crippen LogP contribution in [0.25, 0.3) is 22.0 Å². The van der Waals surface area contributed by atoms with Crippen molar-refractivity contribution < 1.29 is 23.2 Å². The number of anilines is 1. The lowest BCUT2D eigenvalue weighted by molar-refractivity contribution is -0.125. The zero-order valence-corrected chi connectivity index (χ0v) is 23.2. The van der Waals surface area contributed by atoms with Crippen molar-refractivity contribution in [3.63, 3.8) is 0 Å². The van der Waals surface area contributed by atoms with Crippen LogP contribution in [0.3, 0.4) is 0 Å². The molecule has 5 rings (SSSR count). The topological polar surface area (TPSA) is 92.2 Å². The number of likely N-dealkylation sites (N-methyl/N-ethyl adjacent to an activating group) is 1. The molecular weight excluding hydrogens is 514 g/mol. The van der Waals surface area contributed by atoms with E-state index in [2.05, 4.69) is 16.0 Å². The Labute approximate surface area is 232 Å². The highest BCUT2D eigenvalue weighted by molar-refractivity contribution is 6.05. The standard InChI is InChI=1S/C31H36F2N4O3/c1-31(2)15-27-29(22-9-6-20(32)14-26(22)37(27)28(39)16-31)19-12-24(33)23(17-38)25(13-19)36-21-7-4-18(5-8-21)30(40)35-11-10-34-3/h6,9,12-14,17-18,21,34,36H,4-5,7-8,10-11,15-16H2,1-3H3,(H,35,40)/t18-,21-. The minimum atomic E-state index is -0.663. The van der Waals surface area contributed by atoms with E-state index < -0.39 is 11.6 Å². The summed E-state index contributed by atoms with van der Waals surface area (Å²) in [6.07, 6.45) is 4.20. The van der Waals surface area contributed by atoms with E-state index >= 15 is 4.39 Å². The van der Waals surface area contributed by atoms with Crippen LogP contribution in [0.1, 0.15) is 66.8 Å². The average molecular weight is 551 g/mol. The van der Waals surface area contributed by atoms with Crippen LogP contribution in [0.2, 0.25) is 0 Å². The van der Waals surface area contributed by atoms with Gasteiger partial charge in [-0.1, -0.05) is 13.8 Å². The summed E-state index contributed by atoms with van der Waals surface area (Å²) in [7, 11) is 1.84. The lowest BCUT2D eigenvalue weighted by Crippen LogP contribution is -2.38. The van der Waals surface area contributed by atoms with Gasteiger partial charge in [0.1, 0.15) is 11.6 Å². The quantitative estimate of drug-likeness (QED) is 0.261. The Bertz CT molecular complexity index is 1470. The van der Waals surface area contributed by atoms with Gasteiger partial charge in [0.2, 0.25) is 11.8 Å². The lowest BCUT2D eigenvalue weighted by Gasteiger charge is -2.31. The first-order valence-corrected chi connectivity index (χ1v) is 14.0. The molecule has 1 aliphatic heterocycles. The van der Waals surface area contributed by atoms with Crippen LogP contribution in [0, 0.1) is 23.0 Å². The second-order valence-corrected chi connectivity index (χ2v) is 11.9. The minimum absolute atomic E-state index is 0.0241. The average Bonchev–Trinajstić information content (AvgIpc) is 3.21. The summed E-state index contributed by atoms with van der Waals surface area (Å²) in [6.45, 7) is 5.31. The Morgan fingerprint density at radius 1 is 1.07 bits per heavy atom. The molecule has 1 fully saturated rings. The Morgan fingerprint density at radius 3 is 2.52 bits per heavy atom. The third-order valence-electron chi connectivity index (χ3n) is 8.22. The van der Waals surface area contributed by atoms with Gasteiger partial charge in [-0.25, -0.2) is 8.78 Å². The van der Waals surface area contributed by atoms with E-state index in [4.69, 9.17) is 0 Å². The summed E-state index contributed by atoms with van der Waals surface area (Å²) in [5.74, 6) is -1.25. The van der Waals surface area contributed by atoms with Crippen LogP contribution in [0.5, 0.6) is 0 Å². The van der Waals surface area contributed by atoms with Crippen molar-refractivity contribution >= 4 is 34.7 Å². The molecule has 0 spiro atoms. The third kappa shape index (κ3) is 5.39. The summed E-state index contributed by atoms with van der Waals surface area (Å²) in [4.78, 5) is 37.6. The summed E-state index contributed by atoms with van der Waals surface area (Å²) in [5, 5.41) is 9.99. The molecule has 3 aromatic rings. The van der Waals surface area contributed by atoms with Crippen molar-refractivity contribution in [1.82, 2.24) is 15.2 Å². The third-order valence-corrected chi connectivity index (χ3v) is 8.22. The van der Waals surface area contributed by atoms with Gasteiger partial charge in [0.05, 0.1) is 11.1 Å². The first-order valence-electron chi connectivity index (χ1n) is 14.0. The summed E-state index contributed by atoms with van der Waals surface area (Å²) in [6, 6.07) is 7.38. The molecule has 0 radical (unpaired) electrons.